The molecule has 0 aliphatic carbocycles. The largest absolute Gasteiger partial charge is 0.378 e. The number of aryl methyl sites for hydroxylation is 1. The molecule has 0 radical (unpaired) electrons. The fraction of sp³-hybridized carbons (Fsp3) is 0.550. The molecule has 7 heteroatoms. The zero-order valence-electron chi connectivity index (χ0n) is 15.8. The van der Waals surface area contributed by atoms with Crippen molar-refractivity contribution in [3.63, 3.8) is 0 Å². The van der Waals surface area contributed by atoms with Crippen LogP contribution in [0.25, 0.3) is 11.4 Å². The molecule has 2 aliphatic heterocycles. The van der Waals surface area contributed by atoms with Crippen molar-refractivity contribution in [1.82, 2.24) is 19.9 Å². The van der Waals surface area contributed by atoms with Crippen LogP contribution in [-0.4, -0.2) is 65.2 Å². The van der Waals surface area contributed by atoms with E-state index in [9.17, 15) is 4.79 Å². The van der Waals surface area contributed by atoms with Crippen molar-refractivity contribution in [2.24, 2.45) is 5.92 Å². The van der Waals surface area contributed by atoms with Gasteiger partial charge in [-0.25, -0.2) is 0 Å². The lowest BCUT2D eigenvalue weighted by Gasteiger charge is -2.35. The van der Waals surface area contributed by atoms with E-state index in [2.05, 4.69) is 15.0 Å². The number of aromatic nitrogens is 2. The van der Waals surface area contributed by atoms with Gasteiger partial charge in [0.1, 0.15) is 0 Å². The van der Waals surface area contributed by atoms with Crippen LogP contribution in [0.1, 0.15) is 24.3 Å². The second kappa shape index (κ2) is 8.19. The monoisotopic (exact) mass is 370 g/mol. The molecular weight excluding hydrogens is 344 g/mol. The number of carbonyl (C=O) groups is 1. The number of hydrogen-bond acceptors (Lipinski definition) is 6. The van der Waals surface area contributed by atoms with E-state index in [1.165, 1.54) is 0 Å². The lowest BCUT2D eigenvalue weighted by atomic mass is 9.96. The maximum atomic E-state index is 12.8. The second-order valence-corrected chi connectivity index (χ2v) is 7.34. The van der Waals surface area contributed by atoms with E-state index in [4.69, 9.17) is 9.26 Å². The van der Waals surface area contributed by atoms with Crippen LogP contribution >= 0.6 is 0 Å². The Morgan fingerprint density at radius 3 is 2.85 bits per heavy atom. The summed E-state index contributed by atoms with van der Waals surface area (Å²) >= 11 is 0. The van der Waals surface area contributed by atoms with E-state index in [0.717, 1.165) is 37.1 Å². The summed E-state index contributed by atoms with van der Waals surface area (Å²) in [7, 11) is 0. The molecule has 144 valence electrons. The van der Waals surface area contributed by atoms with Gasteiger partial charge in [0.25, 0.3) is 0 Å². The van der Waals surface area contributed by atoms with Gasteiger partial charge >= 0.3 is 0 Å². The fourth-order valence-corrected chi connectivity index (χ4v) is 3.89. The van der Waals surface area contributed by atoms with Crippen LogP contribution in [0, 0.1) is 12.8 Å². The van der Waals surface area contributed by atoms with E-state index in [1.807, 2.05) is 36.1 Å². The summed E-state index contributed by atoms with van der Waals surface area (Å²) in [6.07, 6.45) is 1.96. The molecule has 27 heavy (non-hydrogen) atoms. The molecule has 1 amide bonds. The molecule has 3 heterocycles. The highest BCUT2D eigenvalue weighted by Gasteiger charge is 2.30. The van der Waals surface area contributed by atoms with Crippen molar-refractivity contribution in [2.45, 2.75) is 26.3 Å². The third-order valence-corrected chi connectivity index (χ3v) is 5.39. The molecule has 1 aromatic heterocycles. The maximum absolute atomic E-state index is 12.8. The van der Waals surface area contributed by atoms with Gasteiger partial charge in [-0.2, -0.15) is 4.98 Å². The first-order valence-corrected chi connectivity index (χ1v) is 9.68. The molecule has 1 unspecified atom stereocenters. The van der Waals surface area contributed by atoms with Gasteiger partial charge < -0.3 is 14.2 Å². The smallest absolute Gasteiger partial charge is 0.241 e. The summed E-state index contributed by atoms with van der Waals surface area (Å²) in [6, 6.07) is 8.02. The number of morpholine rings is 1. The van der Waals surface area contributed by atoms with E-state index >= 15 is 0 Å². The summed E-state index contributed by atoms with van der Waals surface area (Å²) in [5, 5.41) is 4.14. The third kappa shape index (κ3) is 4.20. The number of hydrogen-bond donors (Lipinski definition) is 0. The highest BCUT2D eigenvalue weighted by molar-refractivity contribution is 5.79. The average molecular weight is 370 g/mol. The second-order valence-electron chi connectivity index (χ2n) is 7.34. The average Bonchev–Trinajstić information content (AvgIpc) is 3.17. The fourth-order valence-electron chi connectivity index (χ4n) is 3.89. The molecule has 0 spiro atoms. The predicted octanol–water partition coefficient (Wildman–Crippen LogP) is 2.12. The molecular formula is C20H26N4O3. The van der Waals surface area contributed by atoms with Crippen molar-refractivity contribution in [2.75, 3.05) is 39.4 Å². The summed E-state index contributed by atoms with van der Waals surface area (Å²) in [6.45, 7) is 7.03. The molecule has 2 saturated heterocycles. The van der Waals surface area contributed by atoms with Crippen molar-refractivity contribution in [3.8, 4) is 11.4 Å². The normalized spacial score (nSPS) is 21.4. The minimum Gasteiger partial charge on any atom is -0.378 e. The maximum Gasteiger partial charge on any atom is 0.241 e. The van der Waals surface area contributed by atoms with Crippen LogP contribution < -0.4 is 0 Å². The molecule has 4 rings (SSSR count). The number of benzene rings is 1. The zero-order chi connectivity index (χ0) is 18.6. The molecule has 0 saturated carbocycles. The standard InChI is InChI=1S/C20H26N4O3/c1-15-5-2-3-7-17(15)19-21-18(27-22-19)14-23-8-4-6-16(13-23)20(25)24-9-11-26-12-10-24/h2-3,5,7,16H,4,6,8-14H2,1H3. The van der Waals surface area contributed by atoms with Crippen molar-refractivity contribution < 1.29 is 14.1 Å². The van der Waals surface area contributed by atoms with Crippen LogP contribution in [0.15, 0.2) is 28.8 Å². The van der Waals surface area contributed by atoms with E-state index in [1.54, 1.807) is 0 Å². The topological polar surface area (TPSA) is 71.7 Å². The van der Waals surface area contributed by atoms with Gasteiger partial charge in [-0.15, -0.1) is 0 Å². The van der Waals surface area contributed by atoms with Crippen LogP contribution in [0.2, 0.25) is 0 Å². The molecule has 1 aromatic carbocycles. The van der Waals surface area contributed by atoms with E-state index in [0.29, 0.717) is 44.6 Å². The highest BCUT2D eigenvalue weighted by Crippen LogP contribution is 2.23. The number of ether oxygens (including phenoxy) is 1. The number of piperidine rings is 1. The van der Waals surface area contributed by atoms with Gasteiger partial charge in [0, 0.05) is 25.2 Å². The zero-order valence-corrected chi connectivity index (χ0v) is 15.8. The molecule has 2 aliphatic rings. The minimum atomic E-state index is 0.0515. The summed E-state index contributed by atoms with van der Waals surface area (Å²) < 4.78 is 10.8. The third-order valence-electron chi connectivity index (χ3n) is 5.39. The van der Waals surface area contributed by atoms with Crippen molar-refractivity contribution >= 4 is 5.91 Å². The van der Waals surface area contributed by atoms with E-state index in [-0.39, 0.29) is 11.8 Å². The number of rotatable bonds is 4. The first kappa shape index (κ1) is 18.1. The highest BCUT2D eigenvalue weighted by atomic mass is 16.5. The molecule has 0 bridgehead atoms. The van der Waals surface area contributed by atoms with Crippen LogP contribution in [0.5, 0.6) is 0 Å². The molecule has 2 fully saturated rings. The first-order valence-electron chi connectivity index (χ1n) is 9.68. The van der Waals surface area contributed by atoms with Crippen LogP contribution in [0.3, 0.4) is 0 Å². The Labute approximate surface area is 159 Å². The number of amides is 1. The summed E-state index contributed by atoms with van der Waals surface area (Å²) in [5.74, 6) is 1.54. The molecule has 0 N–H and O–H groups in total. The lowest BCUT2D eigenvalue weighted by Crippen LogP contribution is -2.48. The van der Waals surface area contributed by atoms with Crippen molar-refractivity contribution in [1.29, 1.82) is 0 Å². The van der Waals surface area contributed by atoms with Gasteiger partial charge in [-0.3, -0.25) is 9.69 Å². The number of carbonyl (C=O) groups excluding carboxylic acids is 1. The summed E-state index contributed by atoms with van der Waals surface area (Å²) in [4.78, 5) is 21.5. The number of nitrogens with zero attached hydrogens (tertiary/aromatic N) is 4. The van der Waals surface area contributed by atoms with Gasteiger partial charge in [0.05, 0.1) is 25.7 Å². The van der Waals surface area contributed by atoms with Crippen LogP contribution in [-0.2, 0) is 16.1 Å². The summed E-state index contributed by atoms with van der Waals surface area (Å²) in [5.41, 5.74) is 2.12. The van der Waals surface area contributed by atoms with Crippen LogP contribution in [0.4, 0.5) is 0 Å². The Bertz CT molecular complexity index is 785. The predicted molar refractivity (Wildman–Crippen MR) is 99.9 cm³/mol. The van der Waals surface area contributed by atoms with E-state index < -0.39 is 0 Å². The Hall–Kier alpha value is -2.25. The molecule has 1 atom stereocenters. The Balaban J connectivity index is 1.38. The Kier molecular flexibility index (Phi) is 5.50. The van der Waals surface area contributed by atoms with Gasteiger partial charge in [-0.1, -0.05) is 29.4 Å². The number of likely N-dealkylation sites (tertiary alicyclic amines) is 1. The van der Waals surface area contributed by atoms with Crippen molar-refractivity contribution in [3.05, 3.63) is 35.7 Å². The minimum absolute atomic E-state index is 0.0515. The molecule has 2 aromatic rings. The first-order chi connectivity index (χ1) is 13.2. The van der Waals surface area contributed by atoms with Gasteiger partial charge in [0.15, 0.2) is 0 Å². The Morgan fingerprint density at radius 2 is 2.04 bits per heavy atom. The SMILES string of the molecule is Cc1ccccc1-c1noc(CN2CCCC(C(=O)N3CCOCC3)C2)n1. The quantitative estimate of drug-likeness (QED) is 0.821. The van der Waals surface area contributed by atoms with Gasteiger partial charge in [0.2, 0.25) is 17.6 Å². The molecule has 7 nitrogen and oxygen atoms in total. The van der Waals surface area contributed by atoms with Gasteiger partial charge in [-0.05, 0) is 31.9 Å². The Morgan fingerprint density at radius 1 is 1.22 bits per heavy atom. The lowest BCUT2D eigenvalue weighted by molar-refractivity contribution is -0.141.